The van der Waals surface area contributed by atoms with Crippen LogP contribution >= 0.6 is 0 Å². The minimum absolute atomic E-state index is 0.0189. The molecule has 2 bridgehead atoms. The average molecular weight is 376 g/mol. The summed E-state index contributed by atoms with van der Waals surface area (Å²) in [5.41, 5.74) is 1.13. The van der Waals surface area contributed by atoms with Gasteiger partial charge in [0.25, 0.3) is 0 Å². The van der Waals surface area contributed by atoms with Crippen molar-refractivity contribution in [1.82, 2.24) is 0 Å². The van der Waals surface area contributed by atoms with Gasteiger partial charge in [-0.2, -0.15) is 0 Å². The van der Waals surface area contributed by atoms with Crippen molar-refractivity contribution < 1.29 is 33.7 Å². The van der Waals surface area contributed by atoms with Crippen molar-refractivity contribution in [2.75, 3.05) is 13.2 Å². The Balaban J connectivity index is 1.45. The van der Waals surface area contributed by atoms with E-state index in [1.54, 1.807) is 12.1 Å². The molecule has 2 heterocycles. The molecule has 4 atom stereocenters. The summed E-state index contributed by atoms with van der Waals surface area (Å²) in [6, 6.07) is 6.50. The molecule has 0 unspecified atom stereocenters. The molecule has 1 aromatic rings. The molecule has 0 amide bonds. The van der Waals surface area contributed by atoms with Crippen LogP contribution in [-0.2, 0) is 30.2 Å². The third kappa shape index (κ3) is 4.86. The van der Waals surface area contributed by atoms with Crippen molar-refractivity contribution in [3.05, 3.63) is 35.4 Å². The van der Waals surface area contributed by atoms with Gasteiger partial charge in [0.05, 0.1) is 37.4 Å². The zero-order valence-corrected chi connectivity index (χ0v) is 15.3. The molecular formula is C20H24O7. The summed E-state index contributed by atoms with van der Waals surface area (Å²) < 4.78 is 16.4. The van der Waals surface area contributed by atoms with Crippen LogP contribution in [0.3, 0.4) is 0 Å². The summed E-state index contributed by atoms with van der Waals surface area (Å²) in [5, 5.41) is 8.89. The highest BCUT2D eigenvalue weighted by Crippen LogP contribution is 2.45. The monoisotopic (exact) mass is 376 g/mol. The van der Waals surface area contributed by atoms with Crippen LogP contribution in [0.2, 0.25) is 0 Å². The lowest BCUT2D eigenvalue weighted by Gasteiger charge is -2.26. The molecular weight excluding hydrogens is 352 g/mol. The van der Waals surface area contributed by atoms with Crippen LogP contribution in [0.4, 0.5) is 0 Å². The fourth-order valence-electron chi connectivity index (χ4n) is 3.95. The van der Waals surface area contributed by atoms with Crippen LogP contribution in [0, 0.1) is 11.8 Å². The van der Waals surface area contributed by atoms with Crippen LogP contribution in [-0.4, -0.2) is 48.4 Å². The minimum atomic E-state index is -0.968. The number of aromatic carboxylic acids is 1. The van der Waals surface area contributed by atoms with E-state index in [2.05, 4.69) is 0 Å². The molecule has 0 spiro atoms. The molecule has 3 rings (SSSR count). The van der Waals surface area contributed by atoms with Crippen LogP contribution in [0.15, 0.2) is 24.3 Å². The van der Waals surface area contributed by atoms with Crippen LogP contribution < -0.4 is 0 Å². The molecule has 0 aliphatic carbocycles. The molecule has 7 heteroatoms. The van der Waals surface area contributed by atoms with Gasteiger partial charge in [0.2, 0.25) is 0 Å². The van der Waals surface area contributed by atoms with E-state index in [4.69, 9.17) is 19.3 Å². The molecule has 0 radical (unpaired) electrons. The summed E-state index contributed by atoms with van der Waals surface area (Å²) in [4.78, 5) is 34.1. The van der Waals surface area contributed by atoms with Crippen LogP contribution in [0.25, 0.3) is 0 Å². The Morgan fingerprint density at radius 1 is 1.07 bits per heavy atom. The van der Waals surface area contributed by atoms with E-state index >= 15 is 0 Å². The number of rotatable bonds is 8. The summed E-state index contributed by atoms with van der Waals surface area (Å²) in [6.07, 6.45) is 2.73. The lowest BCUT2D eigenvalue weighted by atomic mass is 9.78. The summed E-state index contributed by atoms with van der Waals surface area (Å²) in [6.45, 7) is 1.90. The second kappa shape index (κ2) is 8.52. The number of esters is 2. The van der Waals surface area contributed by atoms with Gasteiger partial charge in [0, 0.05) is 25.2 Å². The van der Waals surface area contributed by atoms with E-state index < -0.39 is 5.97 Å². The van der Waals surface area contributed by atoms with E-state index in [-0.39, 0.29) is 61.2 Å². The van der Waals surface area contributed by atoms with E-state index in [1.807, 2.05) is 0 Å². The first kappa shape index (κ1) is 19.4. The van der Waals surface area contributed by atoms with Crippen molar-refractivity contribution >= 4 is 17.9 Å². The van der Waals surface area contributed by atoms with E-state index in [9.17, 15) is 14.4 Å². The first-order valence-electron chi connectivity index (χ1n) is 9.20. The van der Waals surface area contributed by atoms with Crippen molar-refractivity contribution in [3.8, 4) is 0 Å². The maximum Gasteiger partial charge on any atom is 0.335 e. The van der Waals surface area contributed by atoms with Gasteiger partial charge >= 0.3 is 17.9 Å². The van der Waals surface area contributed by atoms with Gasteiger partial charge in [-0.15, -0.1) is 0 Å². The number of carbonyl (C=O) groups excluding carboxylic acids is 2. The highest BCUT2D eigenvalue weighted by molar-refractivity contribution is 5.87. The normalized spacial score (nSPS) is 26.0. The van der Waals surface area contributed by atoms with Gasteiger partial charge in [0.15, 0.2) is 0 Å². The van der Waals surface area contributed by atoms with Crippen molar-refractivity contribution in [1.29, 1.82) is 0 Å². The van der Waals surface area contributed by atoms with Gasteiger partial charge in [-0.3, -0.25) is 9.59 Å². The topological polar surface area (TPSA) is 99.1 Å². The molecule has 0 saturated carbocycles. The highest BCUT2D eigenvalue weighted by Gasteiger charge is 2.50. The molecule has 2 fully saturated rings. The number of carboxylic acid groups (broad SMARTS) is 1. The largest absolute Gasteiger partial charge is 0.478 e. The molecule has 27 heavy (non-hydrogen) atoms. The van der Waals surface area contributed by atoms with E-state index in [0.717, 1.165) is 18.4 Å². The quantitative estimate of drug-likeness (QED) is 0.695. The smallest absolute Gasteiger partial charge is 0.335 e. The Kier molecular flexibility index (Phi) is 6.11. The van der Waals surface area contributed by atoms with Gasteiger partial charge in [-0.05, 0) is 30.5 Å². The molecule has 2 aliphatic heterocycles. The number of hydrogen-bond acceptors (Lipinski definition) is 6. The third-order valence-corrected chi connectivity index (χ3v) is 5.33. The van der Waals surface area contributed by atoms with E-state index in [1.165, 1.54) is 19.1 Å². The van der Waals surface area contributed by atoms with Gasteiger partial charge < -0.3 is 19.3 Å². The highest BCUT2D eigenvalue weighted by atomic mass is 16.5. The Bertz CT molecular complexity index is 697. The first-order chi connectivity index (χ1) is 12.9. The molecule has 1 aromatic carbocycles. The maximum atomic E-state index is 12.2. The Morgan fingerprint density at radius 3 is 2.37 bits per heavy atom. The fourth-order valence-corrected chi connectivity index (χ4v) is 3.95. The Morgan fingerprint density at radius 2 is 1.74 bits per heavy atom. The molecule has 2 aliphatic rings. The van der Waals surface area contributed by atoms with Crippen molar-refractivity contribution in [2.45, 2.75) is 44.8 Å². The molecule has 0 aromatic heterocycles. The standard InChI is InChI=1S/C20H24O7/c1-12(21)26-11-16-15(17-6-7-18(16)27-17)10-19(22)25-9-8-13-2-4-14(5-3-13)20(23)24/h2-5,15-18H,6-11H2,1H3,(H,23,24)/t15-,16+,17-,18+/m0/s1. The summed E-state index contributed by atoms with van der Waals surface area (Å²) in [5.74, 6) is -1.52. The number of benzene rings is 1. The van der Waals surface area contributed by atoms with Gasteiger partial charge in [-0.1, -0.05) is 12.1 Å². The lowest BCUT2D eigenvalue weighted by Crippen LogP contribution is -2.33. The van der Waals surface area contributed by atoms with Crippen molar-refractivity contribution in [3.63, 3.8) is 0 Å². The van der Waals surface area contributed by atoms with Crippen molar-refractivity contribution in [2.24, 2.45) is 11.8 Å². The zero-order valence-electron chi connectivity index (χ0n) is 15.3. The predicted octanol–water partition coefficient (Wildman–Crippen LogP) is 2.22. The fraction of sp³-hybridized carbons (Fsp3) is 0.550. The lowest BCUT2D eigenvalue weighted by molar-refractivity contribution is -0.146. The Hall–Kier alpha value is -2.41. The zero-order chi connectivity index (χ0) is 19.4. The third-order valence-electron chi connectivity index (χ3n) is 5.33. The molecule has 1 N–H and O–H groups in total. The predicted molar refractivity (Wildman–Crippen MR) is 94.2 cm³/mol. The van der Waals surface area contributed by atoms with Gasteiger partial charge in [-0.25, -0.2) is 4.79 Å². The SMILES string of the molecule is CC(=O)OC[C@@H]1[C@H](CC(=O)OCCc2ccc(C(=O)O)cc2)[C@@H]2CC[C@H]1O2. The maximum absolute atomic E-state index is 12.2. The second-order valence-electron chi connectivity index (χ2n) is 7.10. The number of hydrogen-bond donors (Lipinski definition) is 1. The van der Waals surface area contributed by atoms with Crippen LogP contribution in [0.5, 0.6) is 0 Å². The first-order valence-corrected chi connectivity index (χ1v) is 9.20. The van der Waals surface area contributed by atoms with Crippen LogP contribution in [0.1, 0.15) is 42.1 Å². The second-order valence-corrected chi connectivity index (χ2v) is 7.10. The summed E-state index contributed by atoms with van der Waals surface area (Å²) in [7, 11) is 0. The van der Waals surface area contributed by atoms with Gasteiger partial charge in [0.1, 0.15) is 0 Å². The number of fused-ring (bicyclic) bond motifs is 2. The van der Waals surface area contributed by atoms with E-state index in [0.29, 0.717) is 6.42 Å². The number of carbonyl (C=O) groups is 3. The molecule has 2 saturated heterocycles. The molecule has 7 nitrogen and oxygen atoms in total. The summed E-state index contributed by atoms with van der Waals surface area (Å²) >= 11 is 0. The molecule has 146 valence electrons. The minimum Gasteiger partial charge on any atom is -0.478 e. The number of carboxylic acids is 1. The number of ether oxygens (including phenoxy) is 3. The Labute approximate surface area is 157 Å². The average Bonchev–Trinajstić information content (AvgIpc) is 3.22.